The lowest BCUT2D eigenvalue weighted by Crippen LogP contribution is -2.51. The second-order valence-electron chi connectivity index (χ2n) is 4.76. The zero-order valence-corrected chi connectivity index (χ0v) is 12.4. The van der Waals surface area contributed by atoms with E-state index in [4.69, 9.17) is 0 Å². The largest absolute Gasteiger partial charge is 0.394 e. The van der Waals surface area contributed by atoms with Crippen molar-refractivity contribution >= 4 is 15.9 Å². The molecule has 0 aliphatic heterocycles. The van der Waals surface area contributed by atoms with Gasteiger partial charge in [-0.15, -0.1) is 0 Å². The fourth-order valence-electron chi connectivity index (χ4n) is 1.46. The molecule has 0 aliphatic rings. The van der Waals surface area contributed by atoms with E-state index in [1.54, 1.807) is 25.1 Å². The highest BCUT2D eigenvalue weighted by Gasteiger charge is 2.24. The van der Waals surface area contributed by atoms with Crippen LogP contribution in [0.15, 0.2) is 35.2 Å². The quantitative estimate of drug-likeness (QED) is 0.672. The molecule has 0 saturated carbocycles. The molecule has 20 heavy (non-hydrogen) atoms. The summed E-state index contributed by atoms with van der Waals surface area (Å²) in [4.78, 5) is 11.8. The Hall–Kier alpha value is -1.44. The summed E-state index contributed by atoms with van der Waals surface area (Å²) in [6, 6.07) is 7.82. The normalized spacial score (nSPS) is 14.6. The number of nitrogens with one attached hydrogen (secondary N) is 2. The smallest absolute Gasteiger partial charge is 0.241 e. The van der Waals surface area contributed by atoms with Gasteiger partial charge in [0.05, 0.1) is 23.6 Å². The molecule has 112 valence electrons. The van der Waals surface area contributed by atoms with Crippen molar-refractivity contribution in [2.24, 2.45) is 0 Å². The van der Waals surface area contributed by atoms with Gasteiger partial charge in [0.25, 0.3) is 0 Å². The van der Waals surface area contributed by atoms with Gasteiger partial charge in [-0.05, 0) is 25.5 Å². The summed E-state index contributed by atoms with van der Waals surface area (Å²) in [5, 5.41) is 11.8. The molecule has 3 N–H and O–H groups in total. The van der Waals surface area contributed by atoms with Crippen LogP contribution in [0.4, 0.5) is 0 Å². The van der Waals surface area contributed by atoms with E-state index in [-0.39, 0.29) is 18.0 Å². The Kier molecular flexibility index (Phi) is 5.67. The molecule has 0 radical (unpaired) electrons. The molecule has 1 aromatic carbocycles. The summed E-state index contributed by atoms with van der Waals surface area (Å²) in [5.41, 5.74) is -0.741. The monoisotopic (exact) mass is 300 g/mol. The highest BCUT2D eigenvalue weighted by atomic mass is 32.2. The Bertz CT molecular complexity index is 539. The van der Waals surface area contributed by atoms with Gasteiger partial charge in [-0.1, -0.05) is 25.1 Å². The van der Waals surface area contributed by atoms with Crippen molar-refractivity contribution in [2.75, 3.05) is 13.2 Å². The lowest BCUT2D eigenvalue weighted by molar-refractivity contribution is -0.122. The van der Waals surface area contributed by atoms with Crippen LogP contribution < -0.4 is 10.0 Å². The number of aliphatic hydroxyl groups excluding tert-OH is 1. The molecule has 0 aromatic heterocycles. The molecule has 0 bridgehead atoms. The molecule has 1 atom stereocenters. The highest BCUT2D eigenvalue weighted by Crippen LogP contribution is 2.08. The van der Waals surface area contributed by atoms with Gasteiger partial charge in [0.2, 0.25) is 15.9 Å². The van der Waals surface area contributed by atoms with Crippen LogP contribution in [0, 0.1) is 0 Å². The van der Waals surface area contributed by atoms with Gasteiger partial charge >= 0.3 is 0 Å². The van der Waals surface area contributed by atoms with Crippen LogP contribution in [0.1, 0.15) is 20.3 Å². The van der Waals surface area contributed by atoms with Crippen molar-refractivity contribution in [2.45, 2.75) is 30.7 Å². The van der Waals surface area contributed by atoms with E-state index in [0.29, 0.717) is 6.42 Å². The van der Waals surface area contributed by atoms with Gasteiger partial charge in [-0.3, -0.25) is 4.79 Å². The summed E-state index contributed by atoms with van der Waals surface area (Å²) in [7, 11) is -3.70. The van der Waals surface area contributed by atoms with E-state index in [2.05, 4.69) is 10.0 Å². The number of carbonyl (C=O) groups excluding carboxylic acids is 1. The Balaban J connectivity index is 2.62. The summed E-state index contributed by atoms with van der Waals surface area (Å²) < 4.78 is 26.0. The van der Waals surface area contributed by atoms with Crippen LogP contribution >= 0.6 is 0 Å². The number of sulfonamides is 1. The fourth-order valence-corrected chi connectivity index (χ4v) is 2.47. The lowest BCUT2D eigenvalue weighted by Gasteiger charge is -2.27. The molecule has 0 spiro atoms. The summed E-state index contributed by atoms with van der Waals surface area (Å²) >= 11 is 0. The number of hydrogen-bond acceptors (Lipinski definition) is 4. The summed E-state index contributed by atoms with van der Waals surface area (Å²) in [6.07, 6.45) is 0.542. The van der Waals surface area contributed by atoms with E-state index in [0.717, 1.165) is 0 Å². The maximum atomic E-state index is 11.9. The molecule has 0 heterocycles. The van der Waals surface area contributed by atoms with E-state index >= 15 is 0 Å². The molecule has 7 heteroatoms. The standard InChI is InChI=1S/C13H20N2O4S/c1-3-13(2,10-16)15-12(17)9-14-20(18,19)11-7-5-4-6-8-11/h4-8,14,16H,3,9-10H2,1-2H3,(H,15,17). The van der Waals surface area contributed by atoms with Crippen LogP contribution in [-0.2, 0) is 14.8 Å². The SMILES string of the molecule is CCC(C)(CO)NC(=O)CNS(=O)(=O)c1ccccc1. The van der Waals surface area contributed by atoms with Crippen LogP contribution in [0.3, 0.4) is 0 Å². The number of carbonyl (C=O) groups is 1. The van der Waals surface area contributed by atoms with Crippen molar-refractivity contribution in [3.8, 4) is 0 Å². The number of hydrogen-bond donors (Lipinski definition) is 3. The van der Waals surface area contributed by atoms with Crippen LogP contribution in [0.5, 0.6) is 0 Å². The van der Waals surface area contributed by atoms with Crippen LogP contribution in [-0.4, -0.2) is 38.1 Å². The third-order valence-electron chi connectivity index (χ3n) is 3.05. The van der Waals surface area contributed by atoms with Gasteiger partial charge in [0, 0.05) is 0 Å². The van der Waals surface area contributed by atoms with Gasteiger partial charge in [-0.25, -0.2) is 13.1 Å². The predicted molar refractivity (Wildman–Crippen MR) is 75.6 cm³/mol. The minimum atomic E-state index is -3.70. The number of benzene rings is 1. The van der Waals surface area contributed by atoms with Gasteiger partial charge in [-0.2, -0.15) is 0 Å². The van der Waals surface area contributed by atoms with Crippen molar-refractivity contribution in [3.63, 3.8) is 0 Å². The fraction of sp³-hybridized carbons (Fsp3) is 0.462. The van der Waals surface area contributed by atoms with E-state index in [1.807, 2.05) is 6.92 Å². The minimum absolute atomic E-state index is 0.105. The number of aliphatic hydroxyl groups is 1. The highest BCUT2D eigenvalue weighted by molar-refractivity contribution is 7.89. The molecular weight excluding hydrogens is 280 g/mol. The summed E-state index contributed by atoms with van der Waals surface area (Å²) in [5.74, 6) is -0.483. The predicted octanol–water partition coefficient (Wildman–Crippen LogP) is 0.242. The maximum Gasteiger partial charge on any atom is 0.241 e. The molecule has 0 fully saturated rings. The van der Waals surface area contributed by atoms with Gasteiger partial charge in [0.15, 0.2) is 0 Å². The van der Waals surface area contributed by atoms with Crippen molar-refractivity contribution in [1.29, 1.82) is 0 Å². The molecule has 1 aromatic rings. The first-order valence-corrected chi connectivity index (χ1v) is 7.78. The molecule has 0 aliphatic carbocycles. The molecule has 1 amide bonds. The number of amides is 1. The minimum Gasteiger partial charge on any atom is -0.394 e. The first-order valence-electron chi connectivity index (χ1n) is 6.29. The third-order valence-corrected chi connectivity index (χ3v) is 4.46. The molecule has 6 nitrogen and oxygen atoms in total. The van der Waals surface area contributed by atoms with E-state index in [9.17, 15) is 18.3 Å². The second-order valence-corrected chi connectivity index (χ2v) is 6.53. The van der Waals surface area contributed by atoms with Crippen LogP contribution in [0.25, 0.3) is 0 Å². The summed E-state index contributed by atoms with van der Waals surface area (Å²) in [6.45, 7) is 2.94. The van der Waals surface area contributed by atoms with E-state index < -0.39 is 21.5 Å². The second kappa shape index (κ2) is 6.83. The Morgan fingerprint density at radius 3 is 2.40 bits per heavy atom. The maximum absolute atomic E-state index is 11.9. The van der Waals surface area contributed by atoms with Crippen molar-refractivity contribution < 1.29 is 18.3 Å². The van der Waals surface area contributed by atoms with Gasteiger partial charge in [0.1, 0.15) is 0 Å². The average Bonchev–Trinajstić information content (AvgIpc) is 2.46. The van der Waals surface area contributed by atoms with E-state index in [1.165, 1.54) is 12.1 Å². The first kappa shape index (κ1) is 16.6. The number of rotatable bonds is 7. The Labute approximate surface area is 119 Å². The van der Waals surface area contributed by atoms with Crippen molar-refractivity contribution in [1.82, 2.24) is 10.0 Å². The Morgan fingerprint density at radius 2 is 1.90 bits per heavy atom. The third kappa shape index (κ3) is 4.59. The first-order chi connectivity index (χ1) is 9.33. The molecule has 1 rings (SSSR count). The molecular formula is C13H20N2O4S. The topological polar surface area (TPSA) is 95.5 Å². The van der Waals surface area contributed by atoms with Crippen molar-refractivity contribution in [3.05, 3.63) is 30.3 Å². The molecule has 0 saturated heterocycles. The zero-order valence-electron chi connectivity index (χ0n) is 11.6. The Morgan fingerprint density at radius 1 is 1.30 bits per heavy atom. The average molecular weight is 300 g/mol. The zero-order chi connectivity index (χ0) is 15.2. The molecule has 1 unspecified atom stereocenters. The lowest BCUT2D eigenvalue weighted by atomic mass is 10.0. The van der Waals surface area contributed by atoms with Gasteiger partial charge < -0.3 is 10.4 Å². The van der Waals surface area contributed by atoms with Crippen LogP contribution in [0.2, 0.25) is 0 Å².